The van der Waals surface area contributed by atoms with E-state index in [1.165, 1.54) is 22.2 Å². The lowest BCUT2D eigenvalue weighted by molar-refractivity contribution is 0.0957. The van der Waals surface area contributed by atoms with Crippen molar-refractivity contribution in [3.8, 4) is 0 Å². The molecule has 0 fully saturated rings. The summed E-state index contributed by atoms with van der Waals surface area (Å²) in [5, 5.41) is 12.0. The summed E-state index contributed by atoms with van der Waals surface area (Å²) < 4.78 is 0. The third-order valence-corrected chi connectivity index (χ3v) is 5.32. The van der Waals surface area contributed by atoms with Crippen molar-refractivity contribution >= 4 is 12.0 Å². The van der Waals surface area contributed by atoms with Gasteiger partial charge >= 0.3 is 6.09 Å². The molecule has 1 unspecified atom stereocenters. The minimum Gasteiger partial charge on any atom is -0.465 e. The Labute approximate surface area is 171 Å². The number of amides is 2. The number of hydrogen-bond donors (Lipinski definition) is 2. The van der Waals surface area contributed by atoms with E-state index in [2.05, 4.69) is 47.3 Å². The lowest BCUT2D eigenvalue weighted by Crippen LogP contribution is -2.33. The third-order valence-electron chi connectivity index (χ3n) is 5.32. The van der Waals surface area contributed by atoms with Crippen LogP contribution in [0.25, 0.3) is 0 Å². The molecule has 1 atom stereocenters. The van der Waals surface area contributed by atoms with Gasteiger partial charge in [-0.3, -0.25) is 9.78 Å². The van der Waals surface area contributed by atoms with Gasteiger partial charge in [-0.1, -0.05) is 32.0 Å². The standard InChI is InChI=1S/C22H28N4O3/c1-14(2)8-17-13-26(22(28)29)7-6-16-9-15(4-5-19(16)17)10-18-11-25-20(12-24-18)21(27)23-3/h4-5,9,11-12,14,17H,6-8,10,13H2,1-3H3,(H,23,27)(H,28,29). The van der Waals surface area contributed by atoms with Crippen molar-refractivity contribution in [2.24, 2.45) is 5.92 Å². The van der Waals surface area contributed by atoms with E-state index < -0.39 is 6.09 Å². The molecule has 0 saturated heterocycles. The quantitative estimate of drug-likeness (QED) is 0.810. The van der Waals surface area contributed by atoms with Crippen molar-refractivity contribution in [3.05, 3.63) is 58.7 Å². The second-order valence-electron chi connectivity index (χ2n) is 7.99. The first-order valence-corrected chi connectivity index (χ1v) is 10.00. The molecule has 0 saturated carbocycles. The van der Waals surface area contributed by atoms with Gasteiger partial charge in [0, 0.05) is 38.7 Å². The molecular weight excluding hydrogens is 368 g/mol. The first-order valence-electron chi connectivity index (χ1n) is 10.00. The van der Waals surface area contributed by atoms with Crippen LogP contribution in [-0.4, -0.2) is 52.1 Å². The number of carboxylic acid groups (broad SMARTS) is 1. The second-order valence-corrected chi connectivity index (χ2v) is 7.99. The van der Waals surface area contributed by atoms with E-state index in [0.717, 1.165) is 17.7 Å². The molecule has 0 bridgehead atoms. The number of nitrogens with one attached hydrogen (secondary N) is 1. The Kier molecular flexibility index (Phi) is 6.46. The molecular formula is C22H28N4O3. The Morgan fingerprint density at radius 2 is 2.07 bits per heavy atom. The molecule has 2 N–H and O–H groups in total. The summed E-state index contributed by atoms with van der Waals surface area (Å²) in [5.41, 5.74) is 4.66. The van der Waals surface area contributed by atoms with Gasteiger partial charge in [0.2, 0.25) is 0 Å². The van der Waals surface area contributed by atoms with Crippen LogP contribution in [0.1, 0.15) is 59.1 Å². The minimum atomic E-state index is -0.849. The van der Waals surface area contributed by atoms with Crippen molar-refractivity contribution in [1.82, 2.24) is 20.2 Å². The van der Waals surface area contributed by atoms with Gasteiger partial charge in [-0.2, -0.15) is 0 Å². The van der Waals surface area contributed by atoms with Gasteiger partial charge in [0.05, 0.1) is 11.9 Å². The molecule has 7 heteroatoms. The van der Waals surface area contributed by atoms with Crippen LogP contribution in [0, 0.1) is 5.92 Å². The number of nitrogens with zero attached hydrogens (tertiary/aromatic N) is 3. The maximum Gasteiger partial charge on any atom is 0.407 e. The molecule has 2 aromatic rings. The van der Waals surface area contributed by atoms with Crippen molar-refractivity contribution in [3.63, 3.8) is 0 Å². The van der Waals surface area contributed by atoms with Crippen molar-refractivity contribution < 1.29 is 14.7 Å². The molecule has 3 rings (SSSR count). The first-order chi connectivity index (χ1) is 13.9. The highest BCUT2D eigenvalue weighted by Gasteiger charge is 2.26. The molecule has 154 valence electrons. The van der Waals surface area contributed by atoms with E-state index in [4.69, 9.17) is 0 Å². The predicted molar refractivity (Wildman–Crippen MR) is 110 cm³/mol. The summed E-state index contributed by atoms with van der Waals surface area (Å²) in [6.07, 6.45) is 4.56. The average Bonchev–Trinajstić information content (AvgIpc) is 2.87. The fourth-order valence-corrected chi connectivity index (χ4v) is 3.94. The molecule has 0 radical (unpaired) electrons. The summed E-state index contributed by atoms with van der Waals surface area (Å²) in [6.45, 7) is 5.41. The largest absolute Gasteiger partial charge is 0.465 e. The maximum absolute atomic E-state index is 11.6. The molecule has 0 spiro atoms. The topological polar surface area (TPSA) is 95.4 Å². The second kappa shape index (κ2) is 9.03. The number of carbonyl (C=O) groups is 2. The summed E-state index contributed by atoms with van der Waals surface area (Å²) in [6, 6.07) is 6.41. The third kappa shape index (κ3) is 5.10. The van der Waals surface area contributed by atoms with Crippen LogP contribution < -0.4 is 5.32 Å². The highest BCUT2D eigenvalue weighted by atomic mass is 16.4. The van der Waals surface area contributed by atoms with Crippen LogP contribution in [0.3, 0.4) is 0 Å². The summed E-state index contributed by atoms with van der Waals surface area (Å²) >= 11 is 0. The number of hydrogen-bond acceptors (Lipinski definition) is 4. The Morgan fingerprint density at radius 1 is 1.28 bits per heavy atom. The molecule has 1 aliphatic rings. The maximum atomic E-state index is 11.6. The van der Waals surface area contributed by atoms with Gasteiger partial charge < -0.3 is 15.3 Å². The van der Waals surface area contributed by atoms with Crippen molar-refractivity contribution in [2.75, 3.05) is 20.1 Å². The van der Waals surface area contributed by atoms with Crippen LogP contribution >= 0.6 is 0 Å². The monoisotopic (exact) mass is 396 g/mol. The zero-order chi connectivity index (χ0) is 21.0. The zero-order valence-corrected chi connectivity index (χ0v) is 17.2. The zero-order valence-electron chi connectivity index (χ0n) is 17.2. The van der Waals surface area contributed by atoms with Gasteiger partial charge in [0.15, 0.2) is 0 Å². The fourth-order valence-electron chi connectivity index (χ4n) is 3.94. The predicted octanol–water partition coefficient (Wildman–Crippen LogP) is 3.09. The van der Waals surface area contributed by atoms with E-state index in [9.17, 15) is 14.7 Å². The minimum absolute atomic E-state index is 0.212. The van der Waals surface area contributed by atoms with Gasteiger partial charge in [0.25, 0.3) is 5.91 Å². The highest BCUT2D eigenvalue weighted by molar-refractivity contribution is 5.91. The van der Waals surface area contributed by atoms with Crippen LogP contribution in [0.5, 0.6) is 0 Å². The van der Waals surface area contributed by atoms with Gasteiger partial charge in [-0.05, 0) is 35.4 Å². The van der Waals surface area contributed by atoms with Gasteiger partial charge in [-0.15, -0.1) is 0 Å². The molecule has 1 aliphatic heterocycles. The van der Waals surface area contributed by atoms with Crippen LogP contribution in [0.15, 0.2) is 30.6 Å². The van der Waals surface area contributed by atoms with E-state index in [0.29, 0.717) is 37.5 Å². The molecule has 7 nitrogen and oxygen atoms in total. The van der Waals surface area contributed by atoms with Gasteiger partial charge in [0.1, 0.15) is 5.69 Å². The molecule has 2 amide bonds. The summed E-state index contributed by atoms with van der Waals surface area (Å²) in [7, 11) is 1.56. The number of rotatable bonds is 5. The Hall–Kier alpha value is -2.96. The van der Waals surface area contributed by atoms with Crippen LogP contribution in [0.4, 0.5) is 4.79 Å². The van der Waals surface area contributed by atoms with E-state index in [1.807, 2.05) is 0 Å². The van der Waals surface area contributed by atoms with Crippen molar-refractivity contribution in [2.45, 2.75) is 39.0 Å². The van der Waals surface area contributed by atoms with Crippen LogP contribution in [0.2, 0.25) is 0 Å². The molecule has 29 heavy (non-hydrogen) atoms. The smallest absolute Gasteiger partial charge is 0.407 e. The lowest BCUT2D eigenvalue weighted by atomic mass is 9.86. The van der Waals surface area contributed by atoms with E-state index in [-0.39, 0.29) is 11.8 Å². The average molecular weight is 396 g/mol. The molecule has 0 aliphatic carbocycles. The number of benzene rings is 1. The van der Waals surface area contributed by atoms with Gasteiger partial charge in [-0.25, -0.2) is 9.78 Å². The highest BCUT2D eigenvalue weighted by Crippen LogP contribution is 2.31. The number of fused-ring (bicyclic) bond motifs is 1. The van der Waals surface area contributed by atoms with E-state index in [1.54, 1.807) is 13.2 Å². The Balaban J connectivity index is 1.82. The summed E-state index contributed by atoms with van der Waals surface area (Å²) in [5.74, 6) is 0.452. The van der Waals surface area contributed by atoms with Crippen LogP contribution in [-0.2, 0) is 12.8 Å². The first kappa shape index (κ1) is 20.8. The summed E-state index contributed by atoms with van der Waals surface area (Å²) in [4.78, 5) is 33.2. The number of carbonyl (C=O) groups excluding carboxylic acids is 1. The van der Waals surface area contributed by atoms with Crippen molar-refractivity contribution in [1.29, 1.82) is 0 Å². The molecule has 2 heterocycles. The Bertz CT molecular complexity index is 880. The number of aromatic nitrogens is 2. The Morgan fingerprint density at radius 3 is 2.69 bits per heavy atom. The molecule has 1 aromatic heterocycles. The van der Waals surface area contributed by atoms with E-state index >= 15 is 0 Å². The normalized spacial score (nSPS) is 16.3. The fraction of sp³-hybridized carbons (Fsp3) is 0.455. The SMILES string of the molecule is CNC(=O)c1cnc(Cc2ccc3c(c2)CCN(C(=O)O)CC3CC(C)C)cn1. The lowest BCUT2D eigenvalue weighted by Gasteiger charge is -2.24. The molecule has 1 aromatic carbocycles.